The number of carbonyl (C=O) groups is 1. The highest BCUT2D eigenvalue weighted by Crippen LogP contribution is 2.19. The molecule has 0 saturated carbocycles. The molecule has 1 heterocycles. The fourth-order valence-electron chi connectivity index (χ4n) is 1.72. The van der Waals surface area contributed by atoms with E-state index in [-0.39, 0.29) is 16.6 Å². The van der Waals surface area contributed by atoms with Crippen molar-refractivity contribution in [3.05, 3.63) is 63.4 Å². The Morgan fingerprint density at radius 2 is 2.10 bits per heavy atom. The van der Waals surface area contributed by atoms with Crippen LogP contribution in [0, 0.1) is 6.57 Å². The number of aromatic nitrogens is 2. The lowest BCUT2D eigenvalue weighted by Gasteiger charge is -2.06. The SMILES string of the molecule is [C-]#[N+]c1c(Cc2ccccc2)nc(SCC(=O)O)[nH]c1=O. The molecule has 0 aliphatic carbocycles. The number of carboxylic acids is 1. The number of hydrogen-bond acceptors (Lipinski definition) is 4. The first-order valence-corrected chi connectivity index (χ1v) is 6.98. The third-order valence-electron chi connectivity index (χ3n) is 2.60. The smallest absolute Gasteiger partial charge is 0.313 e. The van der Waals surface area contributed by atoms with Crippen molar-refractivity contribution in [3.8, 4) is 0 Å². The van der Waals surface area contributed by atoms with Crippen LogP contribution in [0.3, 0.4) is 0 Å². The molecule has 1 aromatic carbocycles. The number of nitrogens with one attached hydrogen (secondary N) is 1. The standard InChI is InChI=1S/C14H11N3O3S/c1-15-12-10(7-9-5-3-2-4-6-9)16-14(17-13(12)20)21-8-11(18)19/h2-6H,7-8H2,(H,18,19)(H,16,17,20). The lowest BCUT2D eigenvalue weighted by molar-refractivity contribution is -0.133. The molecule has 21 heavy (non-hydrogen) atoms. The minimum Gasteiger partial charge on any atom is -0.481 e. The summed E-state index contributed by atoms with van der Waals surface area (Å²) < 4.78 is 0. The third-order valence-corrected chi connectivity index (χ3v) is 3.46. The van der Waals surface area contributed by atoms with E-state index in [1.54, 1.807) is 0 Å². The van der Waals surface area contributed by atoms with Gasteiger partial charge in [-0.25, -0.2) is 9.83 Å². The Hall–Kier alpha value is -2.59. The molecule has 0 fully saturated rings. The highest BCUT2D eigenvalue weighted by molar-refractivity contribution is 7.99. The number of H-pyrrole nitrogens is 1. The molecule has 0 amide bonds. The van der Waals surface area contributed by atoms with Crippen LogP contribution in [0.25, 0.3) is 4.85 Å². The van der Waals surface area contributed by atoms with Gasteiger partial charge in [0.1, 0.15) is 0 Å². The lowest BCUT2D eigenvalue weighted by Crippen LogP contribution is -2.12. The van der Waals surface area contributed by atoms with Crippen LogP contribution in [0.5, 0.6) is 0 Å². The fraction of sp³-hybridized carbons (Fsp3) is 0.143. The van der Waals surface area contributed by atoms with Gasteiger partial charge in [-0.3, -0.25) is 9.59 Å². The Bertz CT molecular complexity index is 750. The molecular weight excluding hydrogens is 290 g/mol. The average Bonchev–Trinajstić information content (AvgIpc) is 2.46. The summed E-state index contributed by atoms with van der Waals surface area (Å²) in [6.07, 6.45) is 0.350. The molecule has 1 aromatic heterocycles. The molecule has 7 heteroatoms. The van der Waals surface area contributed by atoms with Crippen LogP contribution in [-0.2, 0) is 11.2 Å². The summed E-state index contributed by atoms with van der Waals surface area (Å²) >= 11 is 0.918. The van der Waals surface area contributed by atoms with Crippen molar-refractivity contribution in [1.82, 2.24) is 9.97 Å². The van der Waals surface area contributed by atoms with E-state index in [0.29, 0.717) is 12.1 Å². The van der Waals surface area contributed by atoms with Crippen molar-refractivity contribution in [3.63, 3.8) is 0 Å². The first-order valence-electron chi connectivity index (χ1n) is 5.99. The van der Waals surface area contributed by atoms with E-state index in [0.717, 1.165) is 17.3 Å². The molecule has 6 nitrogen and oxygen atoms in total. The molecule has 0 aliphatic rings. The van der Waals surface area contributed by atoms with Crippen LogP contribution in [0.1, 0.15) is 11.3 Å². The third kappa shape index (κ3) is 3.94. The topological polar surface area (TPSA) is 87.4 Å². The first-order chi connectivity index (χ1) is 10.1. The summed E-state index contributed by atoms with van der Waals surface area (Å²) in [6.45, 7) is 7.10. The summed E-state index contributed by atoms with van der Waals surface area (Å²) in [5.74, 6) is -1.20. The number of aliphatic carboxylic acids is 1. The van der Waals surface area contributed by atoms with Gasteiger partial charge in [-0.15, -0.1) is 0 Å². The van der Waals surface area contributed by atoms with Gasteiger partial charge in [-0.1, -0.05) is 42.1 Å². The zero-order valence-electron chi connectivity index (χ0n) is 10.9. The summed E-state index contributed by atoms with van der Waals surface area (Å²) in [5.41, 5.74) is 0.680. The molecule has 0 aliphatic heterocycles. The van der Waals surface area contributed by atoms with E-state index in [2.05, 4.69) is 14.8 Å². The minimum atomic E-state index is -0.999. The quantitative estimate of drug-likeness (QED) is 0.501. The second-order valence-corrected chi connectivity index (χ2v) is 5.09. The zero-order chi connectivity index (χ0) is 15.2. The normalized spacial score (nSPS) is 10.0. The fourth-order valence-corrected chi connectivity index (χ4v) is 2.32. The van der Waals surface area contributed by atoms with Crippen LogP contribution < -0.4 is 5.56 Å². The number of aromatic amines is 1. The van der Waals surface area contributed by atoms with Gasteiger partial charge in [-0.05, 0) is 5.56 Å². The van der Waals surface area contributed by atoms with Crippen LogP contribution in [0.15, 0.2) is 40.3 Å². The second kappa shape index (κ2) is 6.72. The number of thioether (sulfide) groups is 1. The van der Waals surface area contributed by atoms with Crippen molar-refractivity contribution < 1.29 is 9.90 Å². The first kappa shape index (κ1) is 14.8. The Kier molecular flexibility index (Phi) is 4.74. The van der Waals surface area contributed by atoms with Crippen molar-refractivity contribution in [2.24, 2.45) is 0 Å². The number of nitrogens with zero attached hydrogens (tertiary/aromatic N) is 2. The van der Waals surface area contributed by atoms with Crippen molar-refractivity contribution in [2.75, 3.05) is 5.75 Å². The molecule has 0 unspecified atom stereocenters. The maximum atomic E-state index is 11.9. The predicted molar refractivity (Wildman–Crippen MR) is 78.7 cm³/mol. The summed E-state index contributed by atoms with van der Waals surface area (Å²) in [4.78, 5) is 32.3. The lowest BCUT2D eigenvalue weighted by atomic mass is 10.1. The molecule has 2 rings (SSSR count). The van der Waals surface area contributed by atoms with Crippen LogP contribution >= 0.6 is 11.8 Å². The molecule has 0 radical (unpaired) electrons. The van der Waals surface area contributed by atoms with Gasteiger partial charge in [0.05, 0.1) is 18.0 Å². The van der Waals surface area contributed by atoms with Crippen molar-refractivity contribution >= 4 is 23.4 Å². The van der Waals surface area contributed by atoms with Crippen LogP contribution in [0.2, 0.25) is 0 Å². The molecule has 0 saturated heterocycles. The molecule has 2 aromatic rings. The maximum Gasteiger partial charge on any atom is 0.313 e. The van der Waals surface area contributed by atoms with Crippen LogP contribution in [-0.4, -0.2) is 26.8 Å². The van der Waals surface area contributed by atoms with Crippen LogP contribution in [0.4, 0.5) is 5.69 Å². The van der Waals surface area contributed by atoms with E-state index in [1.807, 2.05) is 30.3 Å². The van der Waals surface area contributed by atoms with E-state index < -0.39 is 11.5 Å². The molecule has 0 atom stereocenters. The van der Waals surface area contributed by atoms with E-state index >= 15 is 0 Å². The van der Waals surface area contributed by atoms with Gasteiger partial charge in [0.2, 0.25) is 0 Å². The maximum absolute atomic E-state index is 11.9. The second-order valence-electron chi connectivity index (χ2n) is 4.12. The van der Waals surface area contributed by atoms with Gasteiger partial charge < -0.3 is 10.1 Å². The van der Waals surface area contributed by atoms with Gasteiger partial charge in [0.25, 0.3) is 11.2 Å². The molecule has 2 N–H and O–H groups in total. The number of benzene rings is 1. The molecule has 0 bridgehead atoms. The Labute approximate surface area is 124 Å². The van der Waals surface area contributed by atoms with Gasteiger partial charge in [0.15, 0.2) is 5.16 Å². The van der Waals surface area contributed by atoms with Gasteiger partial charge in [-0.2, -0.15) is 0 Å². The predicted octanol–water partition coefficient (Wildman–Crippen LogP) is 2.09. The number of rotatable bonds is 5. The summed E-state index contributed by atoms with van der Waals surface area (Å²) in [7, 11) is 0. The Balaban J connectivity index is 2.36. The zero-order valence-corrected chi connectivity index (χ0v) is 11.7. The molecule has 0 spiro atoms. The van der Waals surface area contributed by atoms with Crippen molar-refractivity contribution in [2.45, 2.75) is 11.6 Å². The highest BCUT2D eigenvalue weighted by Gasteiger charge is 2.13. The summed E-state index contributed by atoms with van der Waals surface area (Å²) in [6, 6.07) is 9.35. The van der Waals surface area contributed by atoms with E-state index in [9.17, 15) is 9.59 Å². The molecule has 106 valence electrons. The largest absolute Gasteiger partial charge is 0.481 e. The van der Waals surface area contributed by atoms with Crippen molar-refractivity contribution in [1.29, 1.82) is 0 Å². The highest BCUT2D eigenvalue weighted by atomic mass is 32.2. The number of hydrogen-bond donors (Lipinski definition) is 2. The monoisotopic (exact) mass is 301 g/mol. The Morgan fingerprint density at radius 1 is 1.38 bits per heavy atom. The minimum absolute atomic E-state index is 0.0569. The number of carboxylic acid groups (broad SMARTS) is 1. The van der Waals surface area contributed by atoms with E-state index in [4.69, 9.17) is 11.7 Å². The van der Waals surface area contributed by atoms with E-state index in [1.165, 1.54) is 0 Å². The van der Waals surface area contributed by atoms with Gasteiger partial charge >= 0.3 is 5.97 Å². The Morgan fingerprint density at radius 3 is 2.71 bits per heavy atom. The summed E-state index contributed by atoms with van der Waals surface area (Å²) in [5, 5.41) is 8.87. The average molecular weight is 301 g/mol. The molecular formula is C14H11N3O3S. The van der Waals surface area contributed by atoms with Gasteiger partial charge in [0, 0.05) is 6.42 Å².